The van der Waals surface area contributed by atoms with Crippen LogP contribution in [0.15, 0.2) is 66.8 Å². The van der Waals surface area contributed by atoms with E-state index in [1.807, 2.05) is 0 Å². The third-order valence-corrected chi connectivity index (χ3v) is 6.56. The van der Waals surface area contributed by atoms with Gasteiger partial charge in [-0.3, -0.25) is 0 Å². The maximum atomic E-state index is 12.8. The Labute approximate surface area is 173 Å². The molecule has 0 amide bonds. The zero-order valence-electron chi connectivity index (χ0n) is 16.7. The van der Waals surface area contributed by atoms with Crippen molar-refractivity contribution in [3.05, 3.63) is 52.9 Å². The van der Waals surface area contributed by atoms with Crippen molar-refractivity contribution in [2.75, 3.05) is 20.2 Å². The van der Waals surface area contributed by atoms with E-state index in [1.54, 1.807) is 38.1 Å². The topological polar surface area (TPSA) is 122 Å². The number of sulfonamides is 1. The lowest BCUT2D eigenvalue weighted by atomic mass is 10.2. The minimum atomic E-state index is -3.73. The van der Waals surface area contributed by atoms with E-state index >= 15 is 0 Å². The fourth-order valence-corrected chi connectivity index (χ4v) is 4.42. The van der Waals surface area contributed by atoms with Crippen LogP contribution in [0.4, 0.5) is 11.4 Å². The van der Waals surface area contributed by atoms with E-state index in [4.69, 9.17) is 9.15 Å². The average molecular weight is 431 g/mol. The number of methoxy groups -OCH3 is 1. The average Bonchev–Trinajstić information content (AvgIpc) is 2.74. The summed E-state index contributed by atoms with van der Waals surface area (Å²) in [7, 11) is -2.33. The highest BCUT2D eigenvalue weighted by Crippen LogP contribution is 2.35. The molecule has 0 aliphatic heterocycles. The molecule has 0 aliphatic rings. The Morgan fingerprint density at radius 3 is 2.47 bits per heavy atom. The first-order valence-corrected chi connectivity index (χ1v) is 10.6. The second-order valence-corrected chi connectivity index (χ2v) is 8.14. The Balaban J connectivity index is 2.10. The van der Waals surface area contributed by atoms with Crippen LogP contribution in [-0.2, 0) is 10.0 Å². The number of azo groups is 1. The molecule has 0 saturated heterocycles. The number of hydrogen-bond donors (Lipinski definition) is 1. The summed E-state index contributed by atoms with van der Waals surface area (Å²) in [5, 5.41) is 18.5. The molecule has 0 spiro atoms. The number of fused-ring (bicyclic) bond motifs is 1. The highest BCUT2D eigenvalue weighted by atomic mass is 32.2. The number of para-hydroxylation sites is 1. The highest BCUT2D eigenvalue weighted by Gasteiger charge is 2.23. The Hall–Kier alpha value is -3.24. The quantitative estimate of drug-likeness (QED) is 0.446. The van der Waals surface area contributed by atoms with Crippen LogP contribution >= 0.6 is 0 Å². The maximum Gasteiger partial charge on any atom is 0.368 e. The SMILES string of the molecule is CCN(CC)S(=O)(=O)c1ccc(OC)c(N=Nc2c(O)c3ccccc3oc2=O)c1. The van der Waals surface area contributed by atoms with Crippen LogP contribution in [-0.4, -0.2) is 38.0 Å². The number of hydrogen-bond acceptors (Lipinski definition) is 8. The molecule has 1 heterocycles. The lowest BCUT2D eigenvalue weighted by Crippen LogP contribution is -2.30. The van der Waals surface area contributed by atoms with Gasteiger partial charge in [0.1, 0.15) is 17.0 Å². The van der Waals surface area contributed by atoms with Gasteiger partial charge in [0.15, 0.2) is 5.75 Å². The minimum absolute atomic E-state index is 0.00992. The summed E-state index contributed by atoms with van der Waals surface area (Å²) in [5.41, 5.74) is -0.977. The van der Waals surface area contributed by atoms with E-state index in [1.165, 1.54) is 29.6 Å². The first-order valence-electron chi connectivity index (χ1n) is 9.18. The van der Waals surface area contributed by atoms with Crippen LogP contribution in [0.5, 0.6) is 11.5 Å². The molecule has 0 fully saturated rings. The van der Waals surface area contributed by atoms with Gasteiger partial charge >= 0.3 is 5.63 Å². The van der Waals surface area contributed by atoms with Gasteiger partial charge < -0.3 is 14.3 Å². The van der Waals surface area contributed by atoms with Crippen molar-refractivity contribution in [1.29, 1.82) is 0 Å². The predicted molar refractivity (Wildman–Crippen MR) is 111 cm³/mol. The van der Waals surface area contributed by atoms with Crippen LogP contribution in [0, 0.1) is 0 Å². The number of rotatable bonds is 7. The summed E-state index contributed by atoms with van der Waals surface area (Å²) in [5.74, 6) is -0.126. The molecule has 2 aromatic carbocycles. The zero-order chi connectivity index (χ0) is 21.9. The predicted octanol–water partition coefficient (Wildman–Crippen LogP) is 3.95. The Morgan fingerprint density at radius 2 is 1.80 bits per heavy atom. The molecule has 10 heteroatoms. The van der Waals surface area contributed by atoms with Gasteiger partial charge in [0.25, 0.3) is 0 Å². The largest absolute Gasteiger partial charge is 0.505 e. The van der Waals surface area contributed by atoms with Crippen LogP contribution in [0.2, 0.25) is 0 Å². The fraction of sp³-hybridized carbons (Fsp3) is 0.250. The molecule has 158 valence electrons. The second kappa shape index (κ2) is 8.64. The molecule has 0 radical (unpaired) electrons. The molecule has 3 rings (SSSR count). The van der Waals surface area contributed by atoms with Crippen molar-refractivity contribution >= 4 is 32.4 Å². The van der Waals surface area contributed by atoms with E-state index in [0.29, 0.717) is 18.5 Å². The van der Waals surface area contributed by atoms with Crippen LogP contribution in [0.1, 0.15) is 13.8 Å². The molecule has 1 N–H and O–H groups in total. The molecule has 3 aromatic rings. The van der Waals surface area contributed by atoms with Crippen molar-refractivity contribution in [2.45, 2.75) is 18.7 Å². The molecule has 1 aromatic heterocycles. The molecular weight excluding hydrogens is 410 g/mol. The lowest BCUT2D eigenvalue weighted by Gasteiger charge is -2.18. The minimum Gasteiger partial charge on any atom is -0.505 e. The first-order chi connectivity index (χ1) is 14.3. The number of nitrogens with zero attached hydrogens (tertiary/aromatic N) is 3. The second-order valence-electron chi connectivity index (χ2n) is 6.21. The van der Waals surface area contributed by atoms with Gasteiger partial charge in [-0.15, -0.1) is 10.2 Å². The lowest BCUT2D eigenvalue weighted by molar-refractivity contribution is 0.415. The summed E-state index contributed by atoms with van der Waals surface area (Å²) in [6.07, 6.45) is 0. The molecule has 0 saturated carbocycles. The zero-order valence-corrected chi connectivity index (χ0v) is 17.5. The van der Waals surface area contributed by atoms with Crippen molar-refractivity contribution in [3.8, 4) is 11.5 Å². The summed E-state index contributed by atoms with van der Waals surface area (Å²) in [6.45, 7) is 4.11. The van der Waals surface area contributed by atoms with Gasteiger partial charge in [0.05, 0.1) is 17.4 Å². The van der Waals surface area contributed by atoms with Gasteiger partial charge in [0, 0.05) is 13.1 Å². The van der Waals surface area contributed by atoms with Crippen molar-refractivity contribution in [3.63, 3.8) is 0 Å². The molecule has 30 heavy (non-hydrogen) atoms. The molecule has 0 unspecified atom stereocenters. The van der Waals surface area contributed by atoms with E-state index in [9.17, 15) is 18.3 Å². The number of ether oxygens (including phenoxy) is 1. The normalized spacial score (nSPS) is 12.1. The summed E-state index contributed by atoms with van der Waals surface area (Å²) < 4.78 is 37.2. The molecule has 0 bridgehead atoms. The van der Waals surface area contributed by atoms with Gasteiger partial charge in [-0.05, 0) is 30.3 Å². The van der Waals surface area contributed by atoms with E-state index in [-0.39, 0.29) is 27.7 Å². The van der Waals surface area contributed by atoms with Crippen molar-refractivity contribution in [2.24, 2.45) is 10.2 Å². The van der Waals surface area contributed by atoms with Gasteiger partial charge in [-0.25, -0.2) is 13.2 Å². The first kappa shape index (κ1) is 21.5. The monoisotopic (exact) mass is 431 g/mol. The highest BCUT2D eigenvalue weighted by molar-refractivity contribution is 7.89. The number of benzene rings is 2. The Bertz CT molecular complexity index is 1260. The van der Waals surface area contributed by atoms with E-state index in [2.05, 4.69) is 10.2 Å². The van der Waals surface area contributed by atoms with Crippen molar-refractivity contribution < 1.29 is 22.7 Å². The molecule has 0 atom stereocenters. The third kappa shape index (κ3) is 3.91. The van der Waals surface area contributed by atoms with E-state index in [0.717, 1.165) is 0 Å². The van der Waals surface area contributed by atoms with Crippen LogP contribution in [0.25, 0.3) is 11.0 Å². The smallest absolute Gasteiger partial charge is 0.368 e. The molecule has 0 aliphatic carbocycles. The van der Waals surface area contributed by atoms with Crippen molar-refractivity contribution in [1.82, 2.24) is 4.31 Å². The van der Waals surface area contributed by atoms with Gasteiger partial charge in [-0.2, -0.15) is 4.31 Å². The standard InChI is InChI=1S/C20H21N3O6S/c1-4-23(5-2)30(26,27)13-10-11-17(28-3)15(12-13)21-22-18-19(24)14-8-6-7-9-16(14)29-20(18)25/h6-12,24H,4-5H2,1-3H3. The van der Waals surface area contributed by atoms with Crippen LogP contribution in [0.3, 0.4) is 0 Å². The summed E-state index contributed by atoms with van der Waals surface area (Å²) >= 11 is 0. The molecule has 9 nitrogen and oxygen atoms in total. The molecular formula is C20H21N3O6S. The summed E-state index contributed by atoms with van der Waals surface area (Å²) in [6, 6.07) is 10.6. The number of aromatic hydroxyl groups is 1. The maximum absolute atomic E-state index is 12.8. The van der Waals surface area contributed by atoms with Gasteiger partial charge in [-0.1, -0.05) is 26.0 Å². The van der Waals surface area contributed by atoms with Crippen LogP contribution < -0.4 is 10.4 Å². The Morgan fingerprint density at radius 1 is 1.10 bits per heavy atom. The third-order valence-electron chi connectivity index (χ3n) is 4.51. The van der Waals surface area contributed by atoms with E-state index < -0.39 is 21.3 Å². The summed E-state index contributed by atoms with van der Waals surface area (Å²) in [4.78, 5) is 12.2. The van der Waals surface area contributed by atoms with Gasteiger partial charge in [0.2, 0.25) is 15.7 Å². The Kier molecular flexibility index (Phi) is 6.18. The fourth-order valence-electron chi connectivity index (χ4n) is 2.94.